The van der Waals surface area contributed by atoms with E-state index in [0.29, 0.717) is 44.2 Å². The van der Waals surface area contributed by atoms with Crippen LogP contribution in [0.5, 0.6) is 0 Å². The van der Waals surface area contributed by atoms with Crippen molar-refractivity contribution < 1.29 is 14.0 Å². The number of hydrogen-bond acceptors (Lipinski definition) is 3. The minimum Gasteiger partial charge on any atom is -0.339 e. The third-order valence-electron chi connectivity index (χ3n) is 6.75. The summed E-state index contributed by atoms with van der Waals surface area (Å²) < 4.78 is 14.3. The number of carbonyl (C=O) groups excluding carboxylic acids is 2. The van der Waals surface area contributed by atoms with Gasteiger partial charge in [0, 0.05) is 44.2 Å². The Hall–Kier alpha value is -1.95. The third kappa shape index (κ3) is 3.79. The van der Waals surface area contributed by atoms with Crippen molar-refractivity contribution in [3.8, 4) is 0 Å². The summed E-state index contributed by atoms with van der Waals surface area (Å²) in [7, 11) is 1.98. The smallest absolute Gasteiger partial charge is 0.228 e. The summed E-state index contributed by atoms with van der Waals surface area (Å²) in [5.41, 5.74) is 0.633. The summed E-state index contributed by atoms with van der Waals surface area (Å²) in [5, 5.41) is 0. The molecule has 3 aliphatic rings. The summed E-state index contributed by atoms with van der Waals surface area (Å²) in [5.74, 6) is -0.293. The molecule has 0 N–H and O–H groups in total. The molecule has 0 aromatic heterocycles. The molecule has 2 saturated heterocycles. The van der Waals surface area contributed by atoms with Crippen molar-refractivity contribution in [3.63, 3.8) is 0 Å². The first kappa shape index (κ1) is 19.4. The molecule has 6 heteroatoms. The molecule has 152 valence electrons. The zero-order valence-corrected chi connectivity index (χ0v) is 16.6. The number of halogens is 1. The van der Waals surface area contributed by atoms with E-state index in [-0.39, 0.29) is 29.6 Å². The number of piperazine rings is 1. The lowest BCUT2D eigenvalue weighted by molar-refractivity contribution is -0.138. The number of hydrogen-bond donors (Lipinski definition) is 0. The van der Waals surface area contributed by atoms with E-state index in [0.717, 1.165) is 12.8 Å². The van der Waals surface area contributed by atoms with Crippen LogP contribution < -0.4 is 0 Å². The van der Waals surface area contributed by atoms with Crippen molar-refractivity contribution in [1.82, 2.24) is 14.7 Å². The van der Waals surface area contributed by atoms with Crippen LogP contribution in [0.3, 0.4) is 0 Å². The maximum Gasteiger partial charge on any atom is 0.228 e. The first-order valence-corrected chi connectivity index (χ1v) is 10.6. The van der Waals surface area contributed by atoms with E-state index < -0.39 is 0 Å². The van der Waals surface area contributed by atoms with E-state index >= 15 is 0 Å². The van der Waals surface area contributed by atoms with Crippen LogP contribution in [0.15, 0.2) is 24.3 Å². The van der Waals surface area contributed by atoms with Crippen molar-refractivity contribution in [2.75, 3.05) is 33.2 Å². The Labute approximate surface area is 166 Å². The van der Waals surface area contributed by atoms with E-state index in [4.69, 9.17) is 0 Å². The van der Waals surface area contributed by atoms with Crippen molar-refractivity contribution in [2.24, 2.45) is 5.92 Å². The molecule has 5 nitrogen and oxygen atoms in total. The van der Waals surface area contributed by atoms with Crippen molar-refractivity contribution in [1.29, 1.82) is 0 Å². The normalized spacial score (nSPS) is 27.4. The number of amides is 2. The fraction of sp³-hybridized carbons (Fsp3) is 0.636. The van der Waals surface area contributed by atoms with Crippen LogP contribution in [-0.4, -0.2) is 65.8 Å². The van der Waals surface area contributed by atoms with Gasteiger partial charge in [0.1, 0.15) is 5.82 Å². The highest BCUT2D eigenvalue weighted by Gasteiger charge is 2.41. The van der Waals surface area contributed by atoms with Crippen LogP contribution in [0.4, 0.5) is 4.39 Å². The molecule has 0 radical (unpaired) electrons. The molecule has 0 bridgehead atoms. The van der Waals surface area contributed by atoms with Crippen molar-refractivity contribution in [2.45, 2.75) is 50.6 Å². The third-order valence-corrected chi connectivity index (χ3v) is 6.75. The molecule has 2 heterocycles. The Morgan fingerprint density at radius 2 is 1.82 bits per heavy atom. The zero-order chi connectivity index (χ0) is 19.7. The minimum absolute atomic E-state index is 0.0566. The van der Waals surface area contributed by atoms with Crippen LogP contribution in [0.25, 0.3) is 0 Å². The van der Waals surface area contributed by atoms with E-state index in [2.05, 4.69) is 4.90 Å². The van der Waals surface area contributed by atoms with Gasteiger partial charge < -0.3 is 9.80 Å². The summed E-state index contributed by atoms with van der Waals surface area (Å²) in [6, 6.07) is 6.97. The largest absolute Gasteiger partial charge is 0.339 e. The van der Waals surface area contributed by atoms with Gasteiger partial charge in [-0.15, -0.1) is 0 Å². The predicted molar refractivity (Wildman–Crippen MR) is 105 cm³/mol. The van der Waals surface area contributed by atoms with Gasteiger partial charge in [-0.05, 0) is 26.0 Å². The van der Waals surface area contributed by atoms with Crippen molar-refractivity contribution >= 4 is 11.8 Å². The molecule has 0 spiro atoms. The molecule has 3 fully saturated rings. The highest BCUT2D eigenvalue weighted by Crippen LogP contribution is 2.31. The van der Waals surface area contributed by atoms with Gasteiger partial charge in [-0.2, -0.15) is 0 Å². The first-order chi connectivity index (χ1) is 13.5. The fourth-order valence-electron chi connectivity index (χ4n) is 5.06. The zero-order valence-electron chi connectivity index (χ0n) is 16.6. The van der Waals surface area contributed by atoms with Crippen LogP contribution in [0.1, 0.15) is 50.1 Å². The fourth-order valence-corrected chi connectivity index (χ4v) is 5.06. The standard InChI is InChI=1S/C22H30FN3O2/c1-24-11-12-25(15-20(24)18-9-5-6-10-19(18)23)22(28)16-13-21(27)26(14-16)17-7-3-2-4-8-17/h5-6,9-10,16-17,20H,2-4,7-8,11-15H2,1H3. The topological polar surface area (TPSA) is 43.9 Å². The number of likely N-dealkylation sites (N-methyl/N-ethyl adjacent to an activating group) is 1. The molecule has 2 amide bonds. The van der Waals surface area contributed by atoms with Gasteiger partial charge in [-0.1, -0.05) is 37.5 Å². The van der Waals surface area contributed by atoms with E-state index in [9.17, 15) is 14.0 Å². The Morgan fingerprint density at radius 3 is 2.57 bits per heavy atom. The number of benzene rings is 1. The van der Waals surface area contributed by atoms with Crippen LogP contribution in [0, 0.1) is 11.7 Å². The number of carbonyl (C=O) groups is 2. The van der Waals surface area contributed by atoms with Gasteiger partial charge in [0.2, 0.25) is 11.8 Å². The summed E-state index contributed by atoms with van der Waals surface area (Å²) in [4.78, 5) is 31.6. The highest BCUT2D eigenvalue weighted by atomic mass is 19.1. The molecule has 2 aliphatic heterocycles. The Bertz CT molecular complexity index is 734. The lowest BCUT2D eigenvalue weighted by Gasteiger charge is -2.40. The molecule has 1 aromatic carbocycles. The predicted octanol–water partition coefficient (Wildman–Crippen LogP) is 2.82. The molecular weight excluding hydrogens is 357 g/mol. The molecule has 1 saturated carbocycles. The van der Waals surface area contributed by atoms with Gasteiger partial charge in [0.05, 0.1) is 12.0 Å². The maximum atomic E-state index is 14.3. The Kier molecular flexibility index (Phi) is 5.67. The van der Waals surface area contributed by atoms with Gasteiger partial charge in [0.15, 0.2) is 0 Å². The molecule has 2 unspecified atom stereocenters. The molecule has 28 heavy (non-hydrogen) atoms. The van der Waals surface area contributed by atoms with E-state index in [1.807, 2.05) is 22.9 Å². The Morgan fingerprint density at radius 1 is 1.07 bits per heavy atom. The lowest BCUT2D eigenvalue weighted by Crippen LogP contribution is -2.51. The van der Waals surface area contributed by atoms with Crippen LogP contribution in [-0.2, 0) is 9.59 Å². The molecule has 4 rings (SSSR count). The van der Waals surface area contributed by atoms with E-state index in [1.165, 1.54) is 25.3 Å². The van der Waals surface area contributed by atoms with Gasteiger partial charge >= 0.3 is 0 Å². The van der Waals surface area contributed by atoms with E-state index in [1.54, 1.807) is 12.1 Å². The lowest BCUT2D eigenvalue weighted by atomic mass is 9.94. The summed E-state index contributed by atoms with van der Waals surface area (Å²) in [6.07, 6.45) is 6.06. The minimum atomic E-state index is -0.251. The van der Waals surface area contributed by atoms with Gasteiger partial charge in [-0.3, -0.25) is 14.5 Å². The van der Waals surface area contributed by atoms with Crippen molar-refractivity contribution in [3.05, 3.63) is 35.6 Å². The molecule has 1 aliphatic carbocycles. The number of likely N-dealkylation sites (tertiary alicyclic amines) is 1. The second-order valence-electron chi connectivity index (χ2n) is 8.54. The average molecular weight is 387 g/mol. The average Bonchev–Trinajstić information content (AvgIpc) is 3.11. The first-order valence-electron chi connectivity index (χ1n) is 10.6. The monoisotopic (exact) mass is 387 g/mol. The quantitative estimate of drug-likeness (QED) is 0.801. The maximum absolute atomic E-state index is 14.3. The van der Waals surface area contributed by atoms with Crippen LogP contribution >= 0.6 is 0 Å². The number of nitrogens with zero attached hydrogens (tertiary/aromatic N) is 3. The van der Waals surface area contributed by atoms with Gasteiger partial charge in [-0.25, -0.2) is 4.39 Å². The second-order valence-corrected chi connectivity index (χ2v) is 8.54. The molecule has 1 aromatic rings. The van der Waals surface area contributed by atoms with Crippen LogP contribution in [0.2, 0.25) is 0 Å². The molecule has 2 atom stereocenters. The number of rotatable bonds is 3. The summed E-state index contributed by atoms with van der Waals surface area (Å²) in [6.45, 7) is 2.37. The Balaban J connectivity index is 1.43. The van der Waals surface area contributed by atoms with Gasteiger partial charge in [0.25, 0.3) is 0 Å². The molecular formula is C22H30FN3O2. The highest BCUT2D eigenvalue weighted by molar-refractivity contribution is 5.89. The summed E-state index contributed by atoms with van der Waals surface area (Å²) >= 11 is 0. The second kappa shape index (κ2) is 8.19. The SMILES string of the molecule is CN1CCN(C(=O)C2CC(=O)N(C3CCCCC3)C2)CC1c1ccccc1F.